The van der Waals surface area contributed by atoms with Gasteiger partial charge in [-0.1, -0.05) is 0 Å². The third kappa shape index (κ3) is 1.90. The molecule has 0 atom stereocenters. The molecule has 0 aliphatic heterocycles. The van der Waals surface area contributed by atoms with Gasteiger partial charge in [0.2, 0.25) is 0 Å². The second-order valence-electron chi connectivity index (χ2n) is 3.38. The molecule has 1 rings (SSSR count). The average molecular weight is 240 g/mol. The predicted molar refractivity (Wildman–Crippen MR) is 49.3 cm³/mol. The van der Waals surface area contributed by atoms with E-state index in [0.29, 0.717) is 0 Å². The lowest BCUT2D eigenvalue weighted by atomic mass is 10.0. The minimum atomic E-state index is -6.32. The van der Waals surface area contributed by atoms with Crippen LogP contribution in [0.25, 0.3) is 0 Å². The first-order chi connectivity index (χ1) is 6.68. The van der Waals surface area contributed by atoms with Crippen molar-refractivity contribution in [2.45, 2.75) is 20.8 Å². The van der Waals surface area contributed by atoms with E-state index in [9.17, 15) is 21.1 Å². The van der Waals surface area contributed by atoms with Crippen LogP contribution < -0.4 is 5.19 Å². The summed E-state index contributed by atoms with van der Waals surface area (Å²) in [7, 11) is -6.32. The van der Waals surface area contributed by atoms with Crippen LogP contribution in [0.3, 0.4) is 0 Å². The second-order valence-corrected chi connectivity index (χ2v) is 4.87. The van der Waals surface area contributed by atoms with Crippen LogP contribution in [0.15, 0.2) is 0 Å². The number of halogens is 5. The Morgan fingerprint density at radius 1 is 0.733 bits per heavy atom. The Morgan fingerprint density at radius 3 is 1.60 bits per heavy atom. The zero-order valence-corrected chi connectivity index (χ0v) is 9.39. The van der Waals surface area contributed by atoms with E-state index < -0.39 is 25.9 Å². The fourth-order valence-corrected chi connectivity index (χ4v) is 2.38. The van der Waals surface area contributed by atoms with Crippen molar-refractivity contribution in [2.24, 2.45) is 0 Å². The molecule has 0 aliphatic carbocycles. The van der Waals surface area contributed by atoms with Crippen molar-refractivity contribution in [2.75, 3.05) is 0 Å². The molecule has 0 saturated heterocycles. The van der Waals surface area contributed by atoms with Crippen LogP contribution in [-0.4, -0.2) is 9.08 Å². The van der Waals surface area contributed by atoms with Crippen LogP contribution >= 0.6 is 0 Å². The van der Waals surface area contributed by atoms with Crippen molar-refractivity contribution in [3.8, 4) is 0 Å². The first-order valence-electron chi connectivity index (χ1n) is 4.19. The van der Waals surface area contributed by atoms with Gasteiger partial charge in [-0.2, -0.15) is 0 Å². The second kappa shape index (κ2) is 3.59. The van der Waals surface area contributed by atoms with Gasteiger partial charge >= 0.3 is 9.08 Å². The number of benzene rings is 1. The molecule has 0 heterocycles. The van der Waals surface area contributed by atoms with Gasteiger partial charge in [-0.3, -0.25) is 0 Å². The van der Waals surface area contributed by atoms with Crippen LogP contribution in [0.5, 0.6) is 0 Å². The summed E-state index contributed by atoms with van der Waals surface area (Å²) in [6.07, 6.45) is 0. The third-order valence-corrected chi connectivity index (χ3v) is 3.69. The predicted octanol–water partition coefficient (Wildman–Crippen LogP) is 2.94. The van der Waals surface area contributed by atoms with Crippen molar-refractivity contribution in [1.29, 1.82) is 0 Å². The number of rotatable bonds is 1. The monoisotopic (exact) mass is 240 g/mol. The smallest absolute Gasteiger partial charge is 0.234 e. The van der Waals surface area contributed by atoms with Gasteiger partial charge < -0.3 is 0 Å². The molecule has 0 bridgehead atoms. The molecule has 84 valence electrons. The van der Waals surface area contributed by atoms with Gasteiger partial charge in [0.15, 0.2) is 11.6 Å². The van der Waals surface area contributed by atoms with E-state index in [1.807, 2.05) is 0 Å². The lowest BCUT2D eigenvalue weighted by Gasteiger charge is -2.14. The topological polar surface area (TPSA) is 0 Å². The van der Waals surface area contributed by atoms with Gasteiger partial charge in [0.1, 0.15) is 0 Å². The van der Waals surface area contributed by atoms with E-state index in [0.717, 1.165) is 0 Å². The van der Waals surface area contributed by atoms with E-state index >= 15 is 0 Å². The first kappa shape index (κ1) is 12.2. The minimum Gasteiger partial charge on any atom is -0.234 e. The zero-order chi connectivity index (χ0) is 12.0. The Kier molecular flexibility index (Phi) is 2.91. The molecule has 6 heteroatoms. The molecule has 0 saturated carbocycles. The summed E-state index contributed by atoms with van der Waals surface area (Å²) in [6, 6.07) is 0. The summed E-state index contributed by atoms with van der Waals surface area (Å²) in [5.41, 5.74) is -0.105. The van der Waals surface area contributed by atoms with Crippen molar-refractivity contribution in [3.63, 3.8) is 0 Å². The van der Waals surface area contributed by atoms with Crippen LogP contribution in [0.4, 0.5) is 21.1 Å². The Bertz CT molecular complexity index is 379. The molecule has 0 aromatic heterocycles. The maximum atomic E-state index is 13.1. The van der Waals surface area contributed by atoms with Crippen molar-refractivity contribution >= 4 is 14.3 Å². The summed E-state index contributed by atoms with van der Waals surface area (Å²) < 4.78 is 63.8. The lowest BCUT2D eigenvalue weighted by Crippen LogP contribution is -2.40. The maximum Gasteiger partial charge on any atom is 0.656 e. The van der Waals surface area contributed by atoms with Gasteiger partial charge in [-0.05, 0) is 37.5 Å². The Labute approximate surface area is 85.3 Å². The molecule has 0 amide bonds. The normalized spacial score (nSPS) is 12.0. The number of hydrogen-bond acceptors (Lipinski definition) is 0. The highest BCUT2D eigenvalue weighted by Gasteiger charge is 2.46. The molecule has 0 aliphatic rings. The Hall–Kier alpha value is -0.913. The Morgan fingerprint density at radius 2 is 1.20 bits per heavy atom. The highest BCUT2D eigenvalue weighted by atomic mass is 28.5. The SMILES string of the molecule is Cc1c(C)c(F)c(F)c([Si](F)(F)F)c1C. The molecule has 0 nitrogen and oxygen atoms in total. The van der Waals surface area contributed by atoms with Gasteiger partial charge in [0.25, 0.3) is 0 Å². The van der Waals surface area contributed by atoms with E-state index in [1.165, 1.54) is 20.8 Å². The fraction of sp³-hybridized carbons (Fsp3) is 0.333. The van der Waals surface area contributed by atoms with Gasteiger partial charge in [-0.25, -0.2) is 21.1 Å². The highest BCUT2D eigenvalue weighted by molar-refractivity contribution is 6.74. The van der Waals surface area contributed by atoms with Crippen LogP contribution in [0, 0.1) is 32.4 Å². The first-order valence-corrected chi connectivity index (χ1v) is 5.83. The molecule has 0 spiro atoms. The van der Waals surface area contributed by atoms with E-state index in [-0.39, 0.29) is 16.7 Å². The molecule has 15 heavy (non-hydrogen) atoms. The van der Waals surface area contributed by atoms with Crippen molar-refractivity contribution < 1.29 is 21.1 Å². The fourth-order valence-electron chi connectivity index (χ4n) is 1.41. The summed E-state index contributed by atoms with van der Waals surface area (Å²) in [6.45, 7) is 3.79. The molecular formula is C9H9F5Si. The zero-order valence-electron chi connectivity index (χ0n) is 8.39. The van der Waals surface area contributed by atoms with E-state index in [2.05, 4.69) is 0 Å². The quantitative estimate of drug-likeness (QED) is 0.402. The lowest BCUT2D eigenvalue weighted by molar-refractivity contribution is 0.474. The summed E-state index contributed by atoms with van der Waals surface area (Å²) in [5.74, 6) is -3.15. The standard InChI is InChI=1S/C9H9F5Si/c1-4-5(2)7(10)8(11)9(6(4)3)15(12,13)14/h1-3H3. The highest BCUT2D eigenvalue weighted by Crippen LogP contribution is 2.22. The van der Waals surface area contributed by atoms with Crippen molar-refractivity contribution in [3.05, 3.63) is 28.3 Å². The largest absolute Gasteiger partial charge is 0.656 e. The van der Waals surface area contributed by atoms with E-state index in [4.69, 9.17) is 0 Å². The van der Waals surface area contributed by atoms with Gasteiger partial charge in [0.05, 0.1) is 5.19 Å². The minimum absolute atomic E-state index is 0.0630. The maximum absolute atomic E-state index is 13.1. The van der Waals surface area contributed by atoms with Crippen LogP contribution in [0.1, 0.15) is 16.7 Å². The van der Waals surface area contributed by atoms with Crippen LogP contribution in [-0.2, 0) is 0 Å². The molecule has 0 fully saturated rings. The summed E-state index contributed by atoms with van der Waals surface area (Å²) in [4.78, 5) is 0. The molecule has 0 N–H and O–H groups in total. The molecule has 0 radical (unpaired) electrons. The average Bonchev–Trinajstić information content (AvgIpc) is 2.09. The molecule has 1 aromatic rings. The molecular weight excluding hydrogens is 231 g/mol. The molecule has 0 unspecified atom stereocenters. The Balaban J connectivity index is 3.68. The summed E-state index contributed by atoms with van der Waals surface area (Å²) >= 11 is 0. The molecule has 1 aromatic carbocycles. The van der Waals surface area contributed by atoms with Gasteiger partial charge in [0, 0.05) is 0 Å². The third-order valence-electron chi connectivity index (χ3n) is 2.52. The van der Waals surface area contributed by atoms with E-state index in [1.54, 1.807) is 0 Å². The van der Waals surface area contributed by atoms with Crippen molar-refractivity contribution in [1.82, 2.24) is 0 Å². The van der Waals surface area contributed by atoms with Crippen LogP contribution in [0.2, 0.25) is 0 Å². The summed E-state index contributed by atoms with van der Waals surface area (Å²) in [5, 5.41) is -1.37. The van der Waals surface area contributed by atoms with Gasteiger partial charge in [-0.15, -0.1) is 0 Å². The number of hydrogen-bond donors (Lipinski definition) is 0.